The SMILES string of the molecule is COCCC(C)(C)CNCc1cc(C)ccc1F. The van der Waals surface area contributed by atoms with Crippen LogP contribution >= 0.6 is 0 Å². The Morgan fingerprint density at radius 1 is 1.33 bits per heavy atom. The molecule has 0 bridgehead atoms. The predicted octanol–water partition coefficient (Wildman–Crippen LogP) is 3.29. The van der Waals surface area contributed by atoms with Crippen molar-refractivity contribution in [3.63, 3.8) is 0 Å². The summed E-state index contributed by atoms with van der Waals surface area (Å²) in [5.41, 5.74) is 1.99. The highest BCUT2D eigenvalue weighted by Crippen LogP contribution is 2.19. The fraction of sp³-hybridized carbons (Fsp3) is 0.600. The van der Waals surface area contributed by atoms with E-state index < -0.39 is 0 Å². The van der Waals surface area contributed by atoms with E-state index in [4.69, 9.17) is 4.74 Å². The fourth-order valence-corrected chi connectivity index (χ4v) is 1.84. The van der Waals surface area contributed by atoms with E-state index in [1.807, 2.05) is 13.0 Å². The molecule has 1 rings (SSSR count). The van der Waals surface area contributed by atoms with E-state index in [1.54, 1.807) is 13.2 Å². The van der Waals surface area contributed by atoms with Gasteiger partial charge in [0.15, 0.2) is 0 Å². The molecule has 0 aromatic heterocycles. The molecule has 0 fully saturated rings. The maximum absolute atomic E-state index is 13.5. The van der Waals surface area contributed by atoms with Crippen LogP contribution in [0.25, 0.3) is 0 Å². The highest BCUT2D eigenvalue weighted by atomic mass is 19.1. The van der Waals surface area contributed by atoms with Crippen molar-refractivity contribution in [3.8, 4) is 0 Å². The van der Waals surface area contributed by atoms with Gasteiger partial charge >= 0.3 is 0 Å². The molecule has 0 unspecified atom stereocenters. The molecule has 1 aromatic rings. The van der Waals surface area contributed by atoms with Crippen molar-refractivity contribution in [2.45, 2.75) is 33.7 Å². The second kappa shape index (κ2) is 6.86. The Balaban J connectivity index is 2.43. The number of nitrogens with one attached hydrogen (secondary N) is 1. The molecule has 0 heterocycles. The molecule has 0 radical (unpaired) electrons. The maximum atomic E-state index is 13.5. The highest BCUT2D eigenvalue weighted by Gasteiger charge is 2.17. The van der Waals surface area contributed by atoms with E-state index in [0.717, 1.165) is 30.7 Å². The summed E-state index contributed by atoms with van der Waals surface area (Å²) in [7, 11) is 1.71. The Morgan fingerprint density at radius 2 is 2.06 bits per heavy atom. The second-order valence-electron chi connectivity index (χ2n) is 5.61. The van der Waals surface area contributed by atoms with Gasteiger partial charge in [0.1, 0.15) is 5.82 Å². The number of hydrogen-bond acceptors (Lipinski definition) is 2. The summed E-state index contributed by atoms with van der Waals surface area (Å²) < 4.78 is 18.6. The number of benzene rings is 1. The summed E-state index contributed by atoms with van der Waals surface area (Å²) >= 11 is 0. The minimum Gasteiger partial charge on any atom is -0.385 e. The van der Waals surface area contributed by atoms with E-state index in [0.29, 0.717) is 6.54 Å². The molecule has 1 aromatic carbocycles. The molecule has 102 valence electrons. The quantitative estimate of drug-likeness (QED) is 0.805. The third-order valence-electron chi connectivity index (χ3n) is 3.10. The number of ether oxygens (including phenoxy) is 1. The molecule has 1 N–H and O–H groups in total. The zero-order valence-corrected chi connectivity index (χ0v) is 11.8. The van der Waals surface area contributed by atoms with Crippen LogP contribution in [0.5, 0.6) is 0 Å². The Morgan fingerprint density at radius 3 is 2.72 bits per heavy atom. The normalized spacial score (nSPS) is 11.8. The van der Waals surface area contributed by atoms with E-state index in [9.17, 15) is 4.39 Å². The molecule has 0 saturated carbocycles. The first kappa shape index (κ1) is 15.1. The zero-order valence-electron chi connectivity index (χ0n) is 11.8. The van der Waals surface area contributed by atoms with Gasteiger partial charge in [-0.2, -0.15) is 0 Å². The van der Waals surface area contributed by atoms with E-state index in [-0.39, 0.29) is 11.2 Å². The van der Waals surface area contributed by atoms with Crippen molar-refractivity contribution in [3.05, 3.63) is 35.1 Å². The largest absolute Gasteiger partial charge is 0.385 e. The van der Waals surface area contributed by atoms with Crippen LogP contribution in [0.15, 0.2) is 18.2 Å². The van der Waals surface area contributed by atoms with Crippen LogP contribution in [0, 0.1) is 18.2 Å². The number of aryl methyl sites for hydroxylation is 1. The number of hydrogen-bond donors (Lipinski definition) is 1. The van der Waals surface area contributed by atoms with Crippen molar-refractivity contribution in [2.24, 2.45) is 5.41 Å². The van der Waals surface area contributed by atoms with Crippen molar-refractivity contribution < 1.29 is 9.13 Å². The maximum Gasteiger partial charge on any atom is 0.127 e. The molecule has 0 aliphatic carbocycles. The zero-order chi connectivity index (χ0) is 13.6. The number of rotatable bonds is 7. The summed E-state index contributed by atoms with van der Waals surface area (Å²) in [4.78, 5) is 0. The van der Waals surface area contributed by atoms with Crippen molar-refractivity contribution in [1.82, 2.24) is 5.32 Å². The average Bonchev–Trinajstić information content (AvgIpc) is 2.31. The summed E-state index contributed by atoms with van der Waals surface area (Å²) in [6.07, 6.45) is 0.993. The van der Waals surface area contributed by atoms with Crippen LogP contribution in [0.1, 0.15) is 31.4 Å². The molecular formula is C15H24FNO. The standard InChI is InChI=1S/C15H24FNO/c1-12-5-6-14(16)13(9-12)10-17-11-15(2,3)7-8-18-4/h5-6,9,17H,7-8,10-11H2,1-4H3. The lowest BCUT2D eigenvalue weighted by atomic mass is 9.89. The van der Waals surface area contributed by atoms with Crippen molar-refractivity contribution in [1.29, 1.82) is 0 Å². The van der Waals surface area contributed by atoms with Gasteiger partial charge in [-0.3, -0.25) is 0 Å². The molecule has 2 nitrogen and oxygen atoms in total. The number of methoxy groups -OCH3 is 1. The van der Waals surface area contributed by atoms with E-state index in [1.165, 1.54) is 6.07 Å². The third-order valence-corrected chi connectivity index (χ3v) is 3.10. The summed E-state index contributed by atoms with van der Waals surface area (Å²) in [6, 6.07) is 5.22. The monoisotopic (exact) mass is 253 g/mol. The van der Waals surface area contributed by atoms with Crippen LogP contribution in [-0.2, 0) is 11.3 Å². The van der Waals surface area contributed by atoms with Gasteiger partial charge < -0.3 is 10.1 Å². The molecule has 0 atom stereocenters. The van der Waals surface area contributed by atoms with Gasteiger partial charge in [0.2, 0.25) is 0 Å². The van der Waals surface area contributed by atoms with Gasteiger partial charge in [0.05, 0.1) is 0 Å². The Labute approximate surface area is 110 Å². The first-order chi connectivity index (χ1) is 8.44. The predicted molar refractivity (Wildman–Crippen MR) is 73.1 cm³/mol. The first-order valence-corrected chi connectivity index (χ1v) is 6.39. The van der Waals surface area contributed by atoms with Crippen LogP contribution in [-0.4, -0.2) is 20.3 Å². The van der Waals surface area contributed by atoms with Crippen molar-refractivity contribution in [2.75, 3.05) is 20.3 Å². The average molecular weight is 253 g/mol. The highest BCUT2D eigenvalue weighted by molar-refractivity contribution is 5.23. The van der Waals surface area contributed by atoms with Gasteiger partial charge in [0.25, 0.3) is 0 Å². The van der Waals surface area contributed by atoms with Crippen LogP contribution < -0.4 is 5.32 Å². The molecule has 0 aliphatic rings. The minimum atomic E-state index is -0.136. The molecule has 0 spiro atoms. The van der Waals surface area contributed by atoms with E-state index in [2.05, 4.69) is 19.2 Å². The van der Waals surface area contributed by atoms with Crippen molar-refractivity contribution >= 4 is 0 Å². The first-order valence-electron chi connectivity index (χ1n) is 6.39. The third kappa shape index (κ3) is 5.15. The van der Waals surface area contributed by atoms with Gasteiger partial charge in [-0.05, 0) is 24.8 Å². The smallest absolute Gasteiger partial charge is 0.127 e. The molecular weight excluding hydrogens is 229 g/mol. The Kier molecular flexibility index (Phi) is 5.76. The summed E-state index contributed by atoms with van der Waals surface area (Å²) in [6.45, 7) is 8.53. The number of halogens is 1. The van der Waals surface area contributed by atoms with Crippen LogP contribution in [0.2, 0.25) is 0 Å². The molecule has 0 amide bonds. The van der Waals surface area contributed by atoms with Crippen LogP contribution in [0.3, 0.4) is 0 Å². The molecule has 0 aliphatic heterocycles. The lowest BCUT2D eigenvalue weighted by Crippen LogP contribution is -2.30. The summed E-state index contributed by atoms with van der Waals surface area (Å²) in [5, 5.41) is 3.32. The topological polar surface area (TPSA) is 21.3 Å². The second-order valence-corrected chi connectivity index (χ2v) is 5.61. The van der Waals surface area contributed by atoms with Gasteiger partial charge in [-0.25, -0.2) is 4.39 Å². The minimum absolute atomic E-state index is 0.136. The fourth-order valence-electron chi connectivity index (χ4n) is 1.84. The van der Waals surface area contributed by atoms with E-state index >= 15 is 0 Å². The Bertz CT molecular complexity index is 377. The molecule has 0 saturated heterocycles. The molecule has 3 heteroatoms. The molecule has 18 heavy (non-hydrogen) atoms. The van der Waals surface area contributed by atoms with Gasteiger partial charge in [0, 0.05) is 32.4 Å². The van der Waals surface area contributed by atoms with Gasteiger partial charge in [-0.15, -0.1) is 0 Å². The lowest BCUT2D eigenvalue weighted by Gasteiger charge is -2.24. The van der Waals surface area contributed by atoms with Gasteiger partial charge in [-0.1, -0.05) is 31.5 Å². The summed E-state index contributed by atoms with van der Waals surface area (Å²) in [5.74, 6) is -0.136. The Hall–Kier alpha value is -0.930. The van der Waals surface area contributed by atoms with Crippen LogP contribution in [0.4, 0.5) is 4.39 Å². The lowest BCUT2D eigenvalue weighted by molar-refractivity contribution is 0.150.